The SMILES string of the molecule is CNC[C@H](CC1CCC(F)(F)CC1)NC(=O)N1CCC[C@@H]([C@@H](CCCCOC)c2cccc(F)c2)C1. The second-order valence-corrected chi connectivity index (χ2v) is 10.7. The number of likely N-dealkylation sites (N-methyl/N-ethyl adjacent to an activating group) is 1. The van der Waals surface area contributed by atoms with E-state index in [0.717, 1.165) is 37.7 Å². The Hall–Kier alpha value is -1.80. The molecule has 2 amide bonds. The number of alkyl halides is 2. The van der Waals surface area contributed by atoms with Crippen LogP contribution in [0.5, 0.6) is 0 Å². The molecule has 1 aromatic rings. The van der Waals surface area contributed by atoms with Gasteiger partial charge in [-0.1, -0.05) is 18.6 Å². The van der Waals surface area contributed by atoms with Gasteiger partial charge in [0.1, 0.15) is 5.82 Å². The summed E-state index contributed by atoms with van der Waals surface area (Å²) < 4.78 is 46.4. The first-order chi connectivity index (χ1) is 17.3. The molecule has 1 heterocycles. The van der Waals surface area contributed by atoms with Gasteiger partial charge < -0.3 is 20.3 Å². The van der Waals surface area contributed by atoms with Gasteiger partial charge in [-0.15, -0.1) is 0 Å². The van der Waals surface area contributed by atoms with Crippen LogP contribution in [0.1, 0.15) is 75.7 Å². The van der Waals surface area contributed by atoms with Gasteiger partial charge in [0.15, 0.2) is 0 Å². The van der Waals surface area contributed by atoms with E-state index in [1.807, 2.05) is 18.0 Å². The predicted octanol–water partition coefficient (Wildman–Crippen LogP) is 5.95. The summed E-state index contributed by atoms with van der Waals surface area (Å²) >= 11 is 0. The van der Waals surface area contributed by atoms with Crippen LogP contribution < -0.4 is 10.6 Å². The Morgan fingerprint density at radius 1 is 1.22 bits per heavy atom. The topological polar surface area (TPSA) is 53.6 Å². The lowest BCUT2D eigenvalue weighted by Crippen LogP contribution is -2.52. The molecule has 3 rings (SSSR count). The Bertz CT molecular complexity index is 800. The van der Waals surface area contributed by atoms with Crippen molar-refractivity contribution >= 4 is 6.03 Å². The summed E-state index contributed by atoms with van der Waals surface area (Å²) in [6.45, 7) is 2.66. The van der Waals surface area contributed by atoms with E-state index in [1.165, 1.54) is 6.07 Å². The molecule has 8 heteroatoms. The number of rotatable bonds is 12. The zero-order valence-corrected chi connectivity index (χ0v) is 21.9. The van der Waals surface area contributed by atoms with Crippen LogP contribution >= 0.6 is 0 Å². The van der Waals surface area contributed by atoms with Crippen molar-refractivity contribution < 1.29 is 22.7 Å². The lowest BCUT2D eigenvalue weighted by molar-refractivity contribution is -0.0473. The van der Waals surface area contributed by atoms with E-state index < -0.39 is 5.92 Å². The monoisotopic (exact) mass is 511 g/mol. The molecule has 0 radical (unpaired) electrons. The van der Waals surface area contributed by atoms with E-state index in [0.29, 0.717) is 45.5 Å². The number of carbonyl (C=O) groups excluding carboxylic acids is 1. The first-order valence-electron chi connectivity index (χ1n) is 13.6. The second kappa shape index (κ2) is 14.2. The number of ether oxygens (including phenoxy) is 1. The maximum atomic E-state index is 14.1. The van der Waals surface area contributed by atoms with Crippen molar-refractivity contribution in [2.45, 2.75) is 82.1 Å². The van der Waals surface area contributed by atoms with Crippen molar-refractivity contribution in [3.05, 3.63) is 35.6 Å². The Balaban J connectivity index is 1.61. The molecule has 0 bridgehead atoms. The average Bonchev–Trinajstić information content (AvgIpc) is 2.85. The van der Waals surface area contributed by atoms with Crippen LogP contribution in [-0.4, -0.2) is 63.3 Å². The van der Waals surface area contributed by atoms with Crippen LogP contribution in [-0.2, 0) is 4.74 Å². The molecular formula is C28H44F3N3O2. The van der Waals surface area contributed by atoms with E-state index in [4.69, 9.17) is 4.74 Å². The highest BCUT2D eigenvalue weighted by Crippen LogP contribution is 2.38. The van der Waals surface area contributed by atoms with E-state index in [2.05, 4.69) is 10.6 Å². The summed E-state index contributed by atoms with van der Waals surface area (Å²) in [4.78, 5) is 15.2. The first kappa shape index (κ1) is 28.8. The number of unbranched alkanes of at least 4 members (excludes halogenated alkanes) is 1. The van der Waals surface area contributed by atoms with Crippen LogP contribution in [0.4, 0.5) is 18.0 Å². The largest absolute Gasteiger partial charge is 0.385 e. The second-order valence-electron chi connectivity index (χ2n) is 10.7. The summed E-state index contributed by atoms with van der Waals surface area (Å²) in [5.74, 6) is -2.11. The molecule has 1 aliphatic carbocycles. The number of likely N-dealkylation sites (tertiary alicyclic amines) is 1. The highest BCUT2D eigenvalue weighted by atomic mass is 19.3. The standard InChI is InChI=1S/C28H44F3N3O2/c1-32-19-25(17-21-11-13-28(30,31)14-12-21)33-27(35)34-15-6-8-23(20-34)26(10-3-4-16-36-2)22-7-5-9-24(29)18-22/h5,7,9,18,21,23,25-26,32H,3-4,6,8,10-17,19-20H2,1-2H3,(H,33,35)/t23-,25+,26+/m1/s1. The van der Waals surface area contributed by atoms with Gasteiger partial charge in [-0.25, -0.2) is 18.0 Å². The fraction of sp³-hybridized carbons (Fsp3) is 0.750. The van der Waals surface area contributed by atoms with Gasteiger partial charge >= 0.3 is 6.03 Å². The smallest absolute Gasteiger partial charge is 0.317 e. The number of carbonyl (C=O) groups is 1. The number of hydrogen-bond acceptors (Lipinski definition) is 3. The molecule has 2 aliphatic rings. The quantitative estimate of drug-likeness (QED) is 0.341. The van der Waals surface area contributed by atoms with Crippen molar-refractivity contribution in [3.63, 3.8) is 0 Å². The first-order valence-corrected chi connectivity index (χ1v) is 13.6. The third-order valence-electron chi connectivity index (χ3n) is 7.94. The van der Waals surface area contributed by atoms with Crippen molar-refractivity contribution in [1.82, 2.24) is 15.5 Å². The normalized spacial score (nSPS) is 22.2. The van der Waals surface area contributed by atoms with Gasteiger partial charge in [-0.2, -0.15) is 0 Å². The maximum absolute atomic E-state index is 14.1. The van der Waals surface area contributed by atoms with Gasteiger partial charge in [0.05, 0.1) is 0 Å². The van der Waals surface area contributed by atoms with Crippen molar-refractivity contribution in [2.75, 3.05) is 40.4 Å². The number of nitrogens with zero attached hydrogens (tertiary/aromatic N) is 1. The zero-order chi connectivity index (χ0) is 26.0. The zero-order valence-electron chi connectivity index (χ0n) is 21.9. The molecule has 2 N–H and O–H groups in total. The highest BCUT2D eigenvalue weighted by Gasteiger charge is 2.36. The molecule has 0 unspecified atom stereocenters. The van der Waals surface area contributed by atoms with Crippen molar-refractivity contribution in [1.29, 1.82) is 0 Å². The summed E-state index contributed by atoms with van der Waals surface area (Å²) in [5, 5.41) is 6.33. The highest BCUT2D eigenvalue weighted by molar-refractivity contribution is 5.74. The van der Waals surface area contributed by atoms with Gasteiger partial charge in [0, 0.05) is 52.2 Å². The number of hydrogen-bond donors (Lipinski definition) is 2. The molecule has 2 fully saturated rings. The van der Waals surface area contributed by atoms with E-state index in [-0.39, 0.29) is 48.5 Å². The van der Waals surface area contributed by atoms with Gasteiger partial charge in [0.25, 0.3) is 0 Å². The fourth-order valence-electron chi connectivity index (χ4n) is 5.99. The summed E-state index contributed by atoms with van der Waals surface area (Å²) in [6.07, 6.45) is 6.41. The Labute approximate surface area is 214 Å². The molecule has 1 aromatic carbocycles. The summed E-state index contributed by atoms with van der Waals surface area (Å²) in [7, 11) is 3.55. The average molecular weight is 512 g/mol. The molecule has 1 saturated heterocycles. The minimum absolute atomic E-state index is 0.0580. The summed E-state index contributed by atoms with van der Waals surface area (Å²) in [5.41, 5.74) is 1.00. The molecule has 1 saturated carbocycles. The van der Waals surface area contributed by atoms with Crippen molar-refractivity contribution in [3.8, 4) is 0 Å². The number of amides is 2. The van der Waals surface area contributed by atoms with Crippen LogP contribution in [0.15, 0.2) is 24.3 Å². The third kappa shape index (κ3) is 8.94. The maximum Gasteiger partial charge on any atom is 0.317 e. The number of methoxy groups -OCH3 is 1. The third-order valence-corrected chi connectivity index (χ3v) is 7.94. The van der Waals surface area contributed by atoms with Crippen LogP contribution in [0.2, 0.25) is 0 Å². The Morgan fingerprint density at radius 2 is 2.00 bits per heavy atom. The molecule has 0 spiro atoms. The van der Waals surface area contributed by atoms with Gasteiger partial charge in [0.2, 0.25) is 5.92 Å². The number of benzene rings is 1. The molecule has 204 valence electrons. The molecule has 1 aliphatic heterocycles. The van der Waals surface area contributed by atoms with Gasteiger partial charge in [-0.05, 0) is 87.4 Å². The Kier molecular flexibility index (Phi) is 11.4. The Morgan fingerprint density at radius 3 is 2.69 bits per heavy atom. The fourth-order valence-corrected chi connectivity index (χ4v) is 5.99. The van der Waals surface area contributed by atoms with Crippen LogP contribution in [0.3, 0.4) is 0 Å². The number of urea groups is 1. The lowest BCUT2D eigenvalue weighted by Gasteiger charge is -2.38. The number of halogens is 3. The van der Waals surface area contributed by atoms with Crippen molar-refractivity contribution in [2.24, 2.45) is 11.8 Å². The molecule has 36 heavy (non-hydrogen) atoms. The molecular weight excluding hydrogens is 467 g/mol. The molecule has 5 nitrogen and oxygen atoms in total. The van der Waals surface area contributed by atoms with E-state index in [9.17, 15) is 18.0 Å². The molecule has 0 aromatic heterocycles. The van der Waals surface area contributed by atoms with Gasteiger partial charge in [-0.3, -0.25) is 0 Å². The number of piperidine rings is 1. The summed E-state index contributed by atoms with van der Waals surface area (Å²) in [6, 6.07) is 6.70. The minimum Gasteiger partial charge on any atom is -0.385 e. The lowest BCUT2D eigenvalue weighted by atomic mass is 9.78. The van der Waals surface area contributed by atoms with Crippen LogP contribution in [0.25, 0.3) is 0 Å². The predicted molar refractivity (Wildman–Crippen MR) is 137 cm³/mol. The molecule has 3 atom stereocenters. The minimum atomic E-state index is -2.54. The van der Waals surface area contributed by atoms with E-state index >= 15 is 0 Å². The van der Waals surface area contributed by atoms with Crippen LogP contribution in [0, 0.1) is 17.7 Å². The van der Waals surface area contributed by atoms with E-state index in [1.54, 1.807) is 19.2 Å². The number of nitrogens with one attached hydrogen (secondary N) is 2.